The van der Waals surface area contributed by atoms with Crippen molar-refractivity contribution in [1.82, 2.24) is 0 Å². The fraction of sp³-hybridized carbons (Fsp3) is 0.400. The SMILES string of the molecule is C=C(C)C(=O)O.C=C(C)C(=O)O.CC(S)S. The van der Waals surface area contributed by atoms with E-state index in [4.69, 9.17) is 10.2 Å². The van der Waals surface area contributed by atoms with E-state index in [1.165, 1.54) is 13.8 Å². The third kappa shape index (κ3) is 38.0. The Morgan fingerprint density at radius 2 is 1.06 bits per heavy atom. The van der Waals surface area contributed by atoms with Crippen molar-refractivity contribution in [3.8, 4) is 0 Å². The highest BCUT2D eigenvalue weighted by atomic mass is 32.2. The number of hydrogen-bond donors (Lipinski definition) is 4. The van der Waals surface area contributed by atoms with Gasteiger partial charge in [0.25, 0.3) is 0 Å². The number of carbonyl (C=O) groups is 2. The van der Waals surface area contributed by atoms with Crippen LogP contribution in [0.25, 0.3) is 0 Å². The maximum Gasteiger partial charge on any atom is 0.330 e. The molecule has 0 spiro atoms. The summed E-state index contributed by atoms with van der Waals surface area (Å²) in [6, 6.07) is 0. The van der Waals surface area contributed by atoms with Gasteiger partial charge in [-0.1, -0.05) is 13.2 Å². The Morgan fingerprint density at radius 3 is 1.06 bits per heavy atom. The van der Waals surface area contributed by atoms with Gasteiger partial charge in [-0.05, 0) is 20.8 Å². The van der Waals surface area contributed by atoms with Crippen molar-refractivity contribution in [1.29, 1.82) is 0 Å². The molecule has 0 aromatic carbocycles. The van der Waals surface area contributed by atoms with Gasteiger partial charge in [-0.25, -0.2) is 9.59 Å². The van der Waals surface area contributed by atoms with E-state index >= 15 is 0 Å². The number of hydrogen-bond acceptors (Lipinski definition) is 4. The second kappa shape index (κ2) is 12.2. The summed E-state index contributed by atoms with van der Waals surface area (Å²) < 4.78 is 0.222. The van der Waals surface area contributed by atoms with Gasteiger partial charge in [-0.15, -0.1) is 0 Å². The van der Waals surface area contributed by atoms with Crippen molar-refractivity contribution in [3.05, 3.63) is 24.3 Å². The van der Waals surface area contributed by atoms with Crippen molar-refractivity contribution in [2.45, 2.75) is 25.4 Å². The Labute approximate surface area is 107 Å². The smallest absolute Gasteiger partial charge is 0.330 e. The van der Waals surface area contributed by atoms with E-state index < -0.39 is 11.9 Å². The van der Waals surface area contributed by atoms with Gasteiger partial charge < -0.3 is 10.2 Å². The van der Waals surface area contributed by atoms with E-state index in [1.54, 1.807) is 0 Å². The first-order chi connectivity index (χ1) is 7.02. The highest BCUT2D eigenvalue weighted by molar-refractivity contribution is 7.99. The number of thiol groups is 2. The third-order valence-corrected chi connectivity index (χ3v) is 0.730. The summed E-state index contributed by atoms with van der Waals surface area (Å²) in [5.74, 6) is -1.87. The van der Waals surface area contributed by atoms with E-state index in [9.17, 15) is 9.59 Å². The summed E-state index contributed by atoms with van der Waals surface area (Å²) in [6.45, 7) is 11.1. The minimum absolute atomic E-state index is 0.176. The Kier molecular flexibility index (Phi) is 15.6. The molecular formula is C10H18O4S2. The lowest BCUT2D eigenvalue weighted by Crippen LogP contribution is -1.92. The monoisotopic (exact) mass is 266 g/mol. The lowest BCUT2D eigenvalue weighted by Gasteiger charge is -1.79. The molecule has 0 amide bonds. The van der Waals surface area contributed by atoms with Crippen LogP contribution in [-0.2, 0) is 9.59 Å². The number of aliphatic carboxylic acids is 2. The average Bonchev–Trinajstić information content (AvgIpc) is 2.03. The molecule has 0 heterocycles. The Morgan fingerprint density at radius 1 is 1.00 bits per heavy atom. The fourth-order valence-corrected chi connectivity index (χ4v) is 0. The van der Waals surface area contributed by atoms with Crippen LogP contribution in [0.5, 0.6) is 0 Å². The Bertz CT molecular complexity index is 209. The highest BCUT2D eigenvalue weighted by Gasteiger charge is 1.90. The van der Waals surface area contributed by atoms with Crippen LogP contribution in [0.15, 0.2) is 24.3 Å². The summed E-state index contributed by atoms with van der Waals surface area (Å²) in [5, 5.41) is 15.8. The molecule has 0 saturated heterocycles. The molecule has 4 nitrogen and oxygen atoms in total. The summed E-state index contributed by atoms with van der Waals surface area (Å²) in [5.41, 5.74) is 0.352. The van der Waals surface area contributed by atoms with Crippen molar-refractivity contribution in [2.75, 3.05) is 0 Å². The Balaban J connectivity index is -0.000000162. The van der Waals surface area contributed by atoms with Gasteiger partial charge in [0.05, 0.1) is 0 Å². The van der Waals surface area contributed by atoms with Gasteiger partial charge in [0.2, 0.25) is 0 Å². The van der Waals surface area contributed by atoms with Gasteiger partial charge in [-0.3, -0.25) is 0 Å². The van der Waals surface area contributed by atoms with Crippen molar-refractivity contribution < 1.29 is 19.8 Å². The van der Waals surface area contributed by atoms with Crippen LogP contribution in [0, 0.1) is 0 Å². The topological polar surface area (TPSA) is 74.6 Å². The zero-order chi connectivity index (χ0) is 13.9. The molecule has 2 N–H and O–H groups in total. The van der Waals surface area contributed by atoms with Crippen LogP contribution < -0.4 is 0 Å². The first kappa shape index (κ1) is 20.5. The minimum Gasteiger partial charge on any atom is -0.478 e. The predicted octanol–water partition coefficient (Wildman–Crippen LogP) is 2.49. The van der Waals surface area contributed by atoms with E-state index in [-0.39, 0.29) is 15.7 Å². The molecular weight excluding hydrogens is 248 g/mol. The summed E-state index contributed by atoms with van der Waals surface area (Å²) in [6.07, 6.45) is 0. The van der Waals surface area contributed by atoms with Crippen LogP contribution in [-0.4, -0.2) is 26.7 Å². The fourth-order valence-electron chi connectivity index (χ4n) is 0. The first-order valence-corrected chi connectivity index (χ1v) is 5.19. The largest absolute Gasteiger partial charge is 0.478 e. The van der Waals surface area contributed by atoms with E-state index in [0.29, 0.717) is 0 Å². The van der Waals surface area contributed by atoms with E-state index in [1.807, 2.05) is 6.92 Å². The van der Waals surface area contributed by atoms with Crippen LogP contribution in [0.3, 0.4) is 0 Å². The molecule has 16 heavy (non-hydrogen) atoms. The quantitative estimate of drug-likeness (QED) is 0.352. The zero-order valence-electron chi connectivity index (χ0n) is 9.60. The summed E-state index contributed by atoms with van der Waals surface area (Å²) in [7, 11) is 0. The summed E-state index contributed by atoms with van der Waals surface area (Å²) >= 11 is 7.66. The summed E-state index contributed by atoms with van der Waals surface area (Å²) in [4.78, 5) is 19.2. The molecule has 0 aromatic rings. The van der Waals surface area contributed by atoms with Gasteiger partial charge in [0, 0.05) is 15.7 Å². The lowest BCUT2D eigenvalue weighted by atomic mass is 10.4. The molecule has 0 aliphatic heterocycles. The van der Waals surface area contributed by atoms with Crippen molar-refractivity contribution in [3.63, 3.8) is 0 Å². The van der Waals surface area contributed by atoms with Crippen LogP contribution >= 0.6 is 25.3 Å². The minimum atomic E-state index is -0.935. The molecule has 0 radical (unpaired) electrons. The van der Waals surface area contributed by atoms with Crippen LogP contribution in [0.2, 0.25) is 0 Å². The molecule has 0 rings (SSSR count). The maximum absolute atomic E-state index is 9.60. The third-order valence-electron chi connectivity index (χ3n) is 0.730. The molecule has 0 bridgehead atoms. The van der Waals surface area contributed by atoms with Crippen molar-refractivity contribution >= 4 is 37.2 Å². The van der Waals surface area contributed by atoms with Crippen LogP contribution in [0.4, 0.5) is 0 Å². The predicted molar refractivity (Wildman–Crippen MR) is 72.3 cm³/mol. The molecule has 94 valence electrons. The standard InChI is InChI=1S/2C4H6O2.C2H6S2/c2*1-3(2)4(5)6;1-2(3)4/h2*1H2,2H3,(H,5,6);2-4H,1H3. The zero-order valence-corrected chi connectivity index (χ0v) is 11.4. The number of rotatable bonds is 2. The lowest BCUT2D eigenvalue weighted by molar-refractivity contribution is -0.133. The van der Waals surface area contributed by atoms with Gasteiger partial charge in [-0.2, -0.15) is 25.3 Å². The van der Waals surface area contributed by atoms with Gasteiger partial charge >= 0.3 is 11.9 Å². The normalized spacial score (nSPS) is 7.88. The molecule has 0 saturated carbocycles. The van der Waals surface area contributed by atoms with E-state index in [0.717, 1.165) is 0 Å². The molecule has 0 aromatic heterocycles. The molecule has 6 heteroatoms. The second-order valence-corrected chi connectivity index (χ2v) is 4.76. The average molecular weight is 266 g/mol. The molecule has 0 unspecified atom stereocenters. The van der Waals surface area contributed by atoms with E-state index in [2.05, 4.69) is 38.4 Å². The number of carboxylic acids is 2. The molecule has 0 aliphatic rings. The van der Waals surface area contributed by atoms with Gasteiger partial charge in [0.15, 0.2) is 0 Å². The van der Waals surface area contributed by atoms with Crippen molar-refractivity contribution in [2.24, 2.45) is 0 Å². The maximum atomic E-state index is 9.60. The van der Waals surface area contributed by atoms with Crippen LogP contribution in [0.1, 0.15) is 20.8 Å². The number of carboxylic acid groups (broad SMARTS) is 2. The highest BCUT2D eigenvalue weighted by Crippen LogP contribution is 1.93. The first-order valence-electron chi connectivity index (χ1n) is 4.16. The van der Waals surface area contributed by atoms with Gasteiger partial charge in [0.1, 0.15) is 0 Å². The molecule has 0 atom stereocenters. The second-order valence-electron chi connectivity index (χ2n) is 2.80. The molecule has 0 fully saturated rings. The Hall–Kier alpha value is -0.880. The molecule has 0 aliphatic carbocycles.